The third-order valence-corrected chi connectivity index (χ3v) is 7.76. The molecule has 1 amide bonds. The third-order valence-electron chi connectivity index (χ3n) is 5.91. The minimum atomic E-state index is -3.57. The molecular weight excluding hydrogens is 384 g/mol. The first-order valence-electron chi connectivity index (χ1n) is 9.93. The molecule has 29 heavy (non-hydrogen) atoms. The summed E-state index contributed by atoms with van der Waals surface area (Å²) < 4.78 is 27.5. The number of nitrogens with zero attached hydrogens (tertiary/aromatic N) is 2. The molecule has 0 saturated heterocycles. The molecule has 0 saturated carbocycles. The Bertz CT molecular complexity index is 1230. The Balaban J connectivity index is 1.34. The Kier molecular flexibility index (Phi) is 4.13. The first-order chi connectivity index (χ1) is 14.0. The van der Waals surface area contributed by atoms with Gasteiger partial charge in [-0.25, -0.2) is 8.42 Å². The number of hydrogen-bond acceptors (Lipinski definition) is 3. The fourth-order valence-corrected chi connectivity index (χ4v) is 6.39. The average molecular weight is 407 g/mol. The normalized spacial score (nSPS) is 19.0. The van der Waals surface area contributed by atoms with Crippen LogP contribution in [-0.4, -0.2) is 26.9 Å². The van der Waals surface area contributed by atoms with Crippen LogP contribution in [0.1, 0.15) is 25.3 Å². The van der Waals surface area contributed by atoms with Gasteiger partial charge in [0.1, 0.15) is 0 Å². The smallest absolute Gasteiger partial charge is 0.265 e. The second-order valence-electron chi connectivity index (χ2n) is 7.76. The van der Waals surface area contributed by atoms with E-state index in [1.54, 1.807) is 12.1 Å². The van der Waals surface area contributed by atoms with Crippen LogP contribution in [0, 0.1) is 0 Å². The van der Waals surface area contributed by atoms with E-state index < -0.39 is 10.0 Å². The molecule has 0 aliphatic carbocycles. The highest BCUT2D eigenvalue weighted by Crippen LogP contribution is 2.42. The summed E-state index contributed by atoms with van der Waals surface area (Å²) in [5.74, 6) is 0.0507. The molecule has 0 N–H and O–H groups in total. The molecule has 0 fully saturated rings. The van der Waals surface area contributed by atoms with Crippen LogP contribution in [0.25, 0.3) is 10.8 Å². The summed E-state index contributed by atoms with van der Waals surface area (Å²) in [6.07, 6.45) is 1.66. The summed E-state index contributed by atoms with van der Waals surface area (Å²) in [7, 11) is -3.57. The van der Waals surface area contributed by atoms with Crippen LogP contribution >= 0.6 is 0 Å². The van der Waals surface area contributed by atoms with E-state index in [1.807, 2.05) is 47.4 Å². The molecule has 3 aromatic rings. The van der Waals surface area contributed by atoms with Crippen LogP contribution in [-0.2, 0) is 21.2 Å². The maximum Gasteiger partial charge on any atom is 0.265 e. The summed E-state index contributed by atoms with van der Waals surface area (Å²) in [5.41, 5.74) is 2.89. The van der Waals surface area contributed by atoms with E-state index in [0.29, 0.717) is 30.0 Å². The van der Waals surface area contributed by atoms with E-state index in [9.17, 15) is 13.2 Å². The molecule has 0 spiro atoms. The quantitative estimate of drug-likeness (QED) is 0.655. The van der Waals surface area contributed by atoms with Crippen molar-refractivity contribution in [1.29, 1.82) is 0 Å². The summed E-state index contributed by atoms with van der Waals surface area (Å²) >= 11 is 0. The molecule has 1 atom stereocenters. The first kappa shape index (κ1) is 18.2. The number of anilines is 2. The van der Waals surface area contributed by atoms with E-state index in [0.717, 1.165) is 22.9 Å². The fourth-order valence-electron chi connectivity index (χ4n) is 4.64. The van der Waals surface area contributed by atoms with Crippen molar-refractivity contribution in [2.24, 2.45) is 0 Å². The molecular formula is C23H22N2O3S. The largest absolute Gasteiger partial charge is 0.309 e. The Morgan fingerprint density at radius 2 is 1.72 bits per heavy atom. The predicted molar refractivity (Wildman–Crippen MR) is 115 cm³/mol. The molecule has 0 radical (unpaired) electrons. The van der Waals surface area contributed by atoms with Crippen molar-refractivity contribution in [1.82, 2.24) is 0 Å². The highest BCUT2D eigenvalue weighted by Gasteiger charge is 2.35. The molecule has 0 aromatic heterocycles. The van der Waals surface area contributed by atoms with Crippen LogP contribution in [0.2, 0.25) is 0 Å². The number of benzene rings is 3. The third kappa shape index (κ3) is 2.74. The summed E-state index contributed by atoms with van der Waals surface area (Å²) in [6.45, 7) is 2.35. The summed E-state index contributed by atoms with van der Waals surface area (Å²) in [4.78, 5) is 15.1. The van der Waals surface area contributed by atoms with Gasteiger partial charge in [-0.2, -0.15) is 0 Å². The summed E-state index contributed by atoms with van der Waals surface area (Å²) in [5, 5.41) is 1.70. The lowest BCUT2D eigenvalue weighted by atomic mass is 10.1. The molecule has 2 heterocycles. The van der Waals surface area contributed by atoms with E-state index in [-0.39, 0.29) is 11.9 Å². The minimum absolute atomic E-state index is 0.0507. The number of amides is 1. The highest BCUT2D eigenvalue weighted by molar-refractivity contribution is 7.93. The average Bonchev–Trinajstić information content (AvgIpc) is 3.15. The van der Waals surface area contributed by atoms with Gasteiger partial charge in [0.15, 0.2) is 0 Å². The van der Waals surface area contributed by atoms with Gasteiger partial charge in [0.25, 0.3) is 10.0 Å². The van der Waals surface area contributed by atoms with Crippen molar-refractivity contribution in [3.8, 4) is 0 Å². The second kappa shape index (κ2) is 6.59. The molecule has 2 aliphatic heterocycles. The van der Waals surface area contributed by atoms with Crippen molar-refractivity contribution >= 4 is 38.1 Å². The Labute approximate surface area is 170 Å². The zero-order valence-electron chi connectivity index (χ0n) is 16.2. The fraction of sp³-hybridized carbons (Fsp3) is 0.261. The minimum Gasteiger partial charge on any atom is -0.309 e. The van der Waals surface area contributed by atoms with Gasteiger partial charge >= 0.3 is 0 Å². The van der Waals surface area contributed by atoms with Gasteiger partial charge in [-0.3, -0.25) is 9.10 Å². The van der Waals surface area contributed by atoms with E-state index in [1.165, 1.54) is 9.87 Å². The van der Waals surface area contributed by atoms with Gasteiger partial charge in [-0.1, -0.05) is 42.5 Å². The molecule has 0 bridgehead atoms. The number of hydrogen-bond donors (Lipinski definition) is 0. The van der Waals surface area contributed by atoms with Crippen LogP contribution in [0.4, 0.5) is 11.4 Å². The zero-order valence-corrected chi connectivity index (χ0v) is 17.0. The molecule has 1 unspecified atom stereocenters. The molecule has 2 aliphatic rings. The SMILES string of the molecule is CC1Cc2ccccc2N1C(=O)CCCN1c2cccc3cccc(c23)S1(=O)=O. The van der Waals surface area contributed by atoms with E-state index >= 15 is 0 Å². The Morgan fingerprint density at radius 1 is 1.00 bits per heavy atom. The number of fused-ring (bicyclic) bond motifs is 1. The molecule has 6 heteroatoms. The van der Waals surface area contributed by atoms with Gasteiger partial charge in [0, 0.05) is 30.1 Å². The molecule has 5 nitrogen and oxygen atoms in total. The van der Waals surface area contributed by atoms with Gasteiger partial charge < -0.3 is 4.90 Å². The standard InChI is InChI=1S/C23H22N2O3S/c1-16-15-18-7-2-3-10-19(18)25(16)22(26)13-6-14-24-20-11-4-8-17-9-5-12-21(23(17)20)29(24,27)28/h2-5,7-12,16H,6,13-15H2,1H3. The topological polar surface area (TPSA) is 57.7 Å². The zero-order chi connectivity index (χ0) is 20.2. The Morgan fingerprint density at radius 3 is 2.55 bits per heavy atom. The van der Waals surface area contributed by atoms with Gasteiger partial charge in [-0.15, -0.1) is 0 Å². The number of rotatable bonds is 4. The lowest BCUT2D eigenvalue weighted by Crippen LogP contribution is -2.36. The van der Waals surface area contributed by atoms with Crippen molar-refractivity contribution < 1.29 is 13.2 Å². The van der Waals surface area contributed by atoms with E-state index in [4.69, 9.17) is 0 Å². The monoisotopic (exact) mass is 406 g/mol. The van der Waals surface area contributed by atoms with Gasteiger partial charge in [-0.05, 0) is 48.9 Å². The van der Waals surface area contributed by atoms with Crippen molar-refractivity contribution in [2.45, 2.75) is 37.1 Å². The second-order valence-corrected chi connectivity index (χ2v) is 9.59. The van der Waals surface area contributed by atoms with Crippen molar-refractivity contribution in [2.75, 3.05) is 15.7 Å². The lowest BCUT2D eigenvalue weighted by molar-refractivity contribution is -0.118. The highest BCUT2D eigenvalue weighted by atomic mass is 32.2. The maximum atomic E-state index is 13.0. The number of carbonyl (C=O) groups excluding carboxylic acids is 1. The predicted octanol–water partition coefficient (Wildman–Crippen LogP) is 4.11. The van der Waals surface area contributed by atoms with E-state index in [2.05, 4.69) is 13.0 Å². The molecule has 3 aromatic carbocycles. The van der Waals surface area contributed by atoms with Crippen molar-refractivity contribution in [3.05, 3.63) is 66.2 Å². The maximum absolute atomic E-state index is 13.0. The van der Waals surface area contributed by atoms with Crippen LogP contribution in [0.5, 0.6) is 0 Å². The molecule has 148 valence electrons. The first-order valence-corrected chi connectivity index (χ1v) is 11.4. The number of sulfonamides is 1. The van der Waals surface area contributed by atoms with Gasteiger partial charge in [0.05, 0.1) is 10.6 Å². The van der Waals surface area contributed by atoms with Crippen LogP contribution in [0.3, 0.4) is 0 Å². The molecule has 5 rings (SSSR count). The van der Waals surface area contributed by atoms with Crippen molar-refractivity contribution in [3.63, 3.8) is 0 Å². The van der Waals surface area contributed by atoms with Crippen LogP contribution < -0.4 is 9.21 Å². The number of carbonyl (C=O) groups is 1. The number of para-hydroxylation sites is 1. The summed E-state index contributed by atoms with van der Waals surface area (Å²) in [6, 6.07) is 19.1. The van der Waals surface area contributed by atoms with Gasteiger partial charge in [0.2, 0.25) is 5.91 Å². The lowest BCUT2D eigenvalue weighted by Gasteiger charge is -2.24. The van der Waals surface area contributed by atoms with Crippen LogP contribution in [0.15, 0.2) is 65.6 Å². The Hall–Kier alpha value is -2.86.